The first-order valence-electron chi connectivity index (χ1n) is 9.71. The van der Waals surface area contributed by atoms with Gasteiger partial charge in [0.2, 0.25) is 0 Å². The van der Waals surface area contributed by atoms with E-state index in [-0.39, 0.29) is 5.41 Å². The SMILES string of the molecule is Cc1ccc(-c2csc(N3[C@@H]4CCC[C@H]3CC4)n2)c(C(C)(C)C)c1C. The highest BCUT2D eigenvalue weighted by Gasteiger charge is 2.38. The Morgan fingerprint density at radius 2 is 1.72 bits per heavy atom. The predicted molar refractivity (Wildman–Crippen MR) is 109 cm³/mol. The van der Waals surface area contributed by atoms with Crippen LogP contribution < -0.4 is 4.90 Å². The zero-order valence-electron chi connectivity index (χ0n) is 16.2. The van der Waals surface area contributed by atoms with E-state index in [2.05, 4.69) is 57.0 Å². The van der Waals surface area contributed by atoms with Gasteiger partial charge >= 0.3 is 0 Å². The summed E-state index contributed by atoms with van der Waals surface area (Å²) in [5.41, 5.74) is 6.85. The van der Waals surface area contributed by atoms with Crippen molar-refractivity contribution in [2.45, 2.75) is 84.2 Å². The number of rotatable bonds is 2. The van der Waals surface area contributed by atoms with Crippen LogP contribution in [0, 0.1) is 13.8 Å². The zero-order valence-corrected chi connectivity index (χ0v) is 17.0. The molecule has 3 heteroatoms. The summed E-state index contributed by atoms with van der Waals surface area (Å²) >= 11 is 1.84. The van der Waals surface area contributed by atoms with Gasteiger partial charge in [-0.25, -0.2) is 4.98 Å². The molecule has 134 valence electrons. The molecule has 2 aliphatic heterocycles. The smallest absolute Gasteiger partial charge is 0.186 e. The van der Waals surface area contributed by atoms with Crippen LogP contribution in [0.25, 0.3) is 11.3 Å². The van der Waals surface area contributed by atoms with E-state index in [9.17, 15) is 0 Å². The van der Waals surface area contributed by atoms with Crippen molar-refractivity contribution >= 4 is 16.5 Å². The van der Waals surface area contributed by atoms with Crippen LogP contribution in [0.5, 0.6) is 0 Å². The van der Waals surface area contributed by atoms with Crippen LogP contribution in [0.4, 0.5) is 5.13 Å². The summed E-state index contributed by atoms with van der Waals surface area (Å²) in [6.45, 7) is 11.4. The molecule has 0 spiro atoms. The minimum absolute atomic E-state index is 0.124. The summed E-state index contributed by atoms with van der Waals surface area (Å²) in [6, 6.07) is 6.01. The molecule has 2 bridgehead atoms. The van der Waals surface area contributed by atoms with Gasteiger partial charge in [-0.3, -0.25) is 0 Å². The number of aromatic nitrogens is 1. The Hall–Kier alpha value is -1.35. The molecule has 2 aliphatic rings. The first-order chi connectivity index (χ1) is 11.9. The number of aryl methyl sites for hydroxylation is 1. The fourth-order valence-corrected chi connectivity index (χ4v) is 5.90. The molecule has 0 amide bonds. The fraction of sp³-hybridized carbons (Fsp3) is 0.591. The van der Waals surface area contributed by atoms with Gasteiger partial charge in [0.05, 0.1) is 5.69 Å². The zero-order chi connectivity index (χ0) is 17.8. The lowest BCUT2D eigenvalue weighted by molar-refractivity contribution is 0.467. The number of hydrogen-bond donors (Lipinski definition) is 0. The van der Waals surface area contributed by atoms with Crippen molar-refractivity contribution in [3.05, 3.63) is 34.2 Å². The molecule has 1 aromatic heterocycles. The Morgan fingerprint density at radius 3 is 2.36 bits per heavy atom. The lowest BCUT2D eigenvalue weighted by Gasteiger charge is -2.34. The van der Waals surface area contributed by atoms with Crippen LogP contribution in [0.1, 0.15) is 69.6 Å². The number of anilines is 1. The molecular formula is C22H30N2S. The van der Waals surface area contributed by atoms with Crippen molar-refractivity contribution in [1.29, 1.82) is 0 Å². The summed E-state index contributed by atoms with van der Waals surface area (Å²) in [7, 11) is 0. The molecule has 2 fully saturated rings. The molecule has 1 aromatic carbocycles. The van der Waals surface area contributed by atoms with Crippen LogP contribution in [0.3, 0.4) is 0 Å². The maximum absolute atomic E-state index is 5.13. The van der Waals surface area contributed by atoms with Gasteiger partial charge in [0, 0.05) is 23.0 Å². The number of nitrogens with zero attached hydrogens (tertiary/aromatic N) is 2. The second kappa shape index (κ2) is 6.12. The molecule has 0 aliphatic carbocycles. The molecule has 0 saturated carbocycles. The van der Waals surface area contributed by atoms with E-state index in [0.29, 0.717) is 0 Å². The van der Waals surface area contributed by atoms with Crippen molar-refractivity contribution in [1.82, 2.24) is 4.98 Å². The Labute approximate surface area is 156 Å². The van der Waals surface area contributed by atoms with Crippen molar-refractivity contribution in [2.75, 3.05) is 4.90 Å². The number of fused-ring (bicyclic) bond motifs is 2. The van der Waals surface area contributed by atoms with Crippen molar-refractivity contribution < 1.29 is 0 Å². The average Bonchev–Trinajstić information content (AvgIpc) is 3.10. The van der Waals surface area contributed by atoms with Crippen molar-refractivity contribution in [3.8, 4) is 11.3 Å². The number of thiazole rings is 1. The van der Waals surface area contributed by atoms with Gasteiger partial charge in [0.25, 0.3) is 0 Å². The lowest BCUT2D eigenvalue weighted by atomic mass is 9.79. The topological polar surface area (TPSA) is 16.1 Å². The van der Waals surface area contributed by atoms with Gasteiger partial charge in [-0.15, -0.1) is 11.3 Å². The molecule has 2 saturated heterocycles. The highest BCUT2D eigenvalue weighted by Crippen LogP contribution is 2.43. The Morgan fingerprint density at radius 1 is 1.04 bits per heavy atom. The van der Waals surface area contributed by atoms with Gasteiger partial charge in [-0.05, 0) is 68.1 Å². The molecule has 25 heavy (non-hydrogen) atoms. The number of piperidine rings is 1. The first-order valence-corrected chi connectivity index (χ1v) is 10.6. The summed E-state index contributed by atoms with van der Waals surface area (Å²) < 4.78 is 0. The van der Waals surface area contributed by atoms with Gasteiger partial charge in [0.15, 0.2) is 5.13 Å². The summed E-state index contributed by atoms with van der Waals surface area (Å²) in [6.07, 6.45) is 6.81. The van der Waals surface area contributed by atoms with Gasteiger partial charge in [0.1, 0.15) is 0 Å². The van der Waals surface area contributed by atoms with Crippen LogP contribution in [0.15, 0.2) is 17.5 Å². The number of benzene rings is 1. The molecule has 3 heterocycles. The van der Waals surface area contributed by atoms with Crippen LogP contribution in [-0.4, -0.2) is 17.1 Å². The minimum atomic E-state index is 0.124. The largest absolute Gasteiger partial charge is 0.342 e. The summed E-state index contributed by atoms with van der Waals surface area (Å²) in [5.74, 6) is 0. The summed E-state index contributed by atoms with van der Waals surface area (Å²) in [4.78, 5) is 7.78. The Kier molecular flexibility index (Phi) is 4.18. The molecule has 2 atom stereocenters. The quantitative estimate of drug-likeness (QED) is 0.634. The van der Waals surface area contributed by atoms with Crippen LogP contribution in [0.2, 0.25) is 0 Å². The van der Waals surface area contributed by atoms with E-state index in [4.69, 9.17) is 4.98 Å². The molecule has 4 rings (SSSR count). The maximum Gasteiger partial charge on any atom is 0.186 e. The first kappa shape index (κ1) is 17.1. The Bertz CT molecular complexity index is 768. The van der Waals surface area contributed by atoms with E-state index in [1.54, 1.807) is 0 Å². The molecule has 0 radical (unpaired) electrons. The van der Waals surface area contributed by atoms with Crippen LogP contribution >= 0.6 is 11.3 Å². The maximum atomic E-state index is 5.13. The fourth-order valence-electron chi connectivity index (χ4n) is 4.93. The average molecular weight is 355 g/mol. The second-order valence-electron chi connectivity index (χ2n) is 8.92. The Balaban J connectivity index is 1.75. The molecule has 2 nitrogen and oxygen atoms in total. The van der Waals surface area contributed by atoms with Gasteiger partial charge in [-0.2, -0.15) is 0 Å². The predicted octanol–water partition coefficient (Wildman–Crippen LogP) is 6.25. The molecule has 0 N–H and O–H groups in total. The third kappa shape index (κ3) is 2.91. The second-order valence-corrected chi connectivity index (χ2v) is 9.76. The standard InChI is InChI=1S/C22H30N2S/c1-14-9-12-18(20(15(14)2)22(3,4)5)19-13-25-21(23-19)24-16-7-6-8-17(24)11-10-16/h9,12-13,16-17H,6-8,10-11H2,1-5H3/t16-,17+. The van der Waals surface area contributed by atoms with E-state index < -0.39 is 0 Å². The highest BCUT2D eigenvalue weighted by atomic mass is 32.1. The minimum Gasteiger partial charge on any atom is -0.342 e. The van der Waals surface area contributed by atoms with Gasteiger partial charge < -0.3 is 4.90 Å². The third-order valence-electron chi connectivity index (χ3n) is 6.17. The van der Waals surface area contributed by atoms with Crippen molar-refractivity contribution in [3.63, 3.8) is 0 Å². The van der Waals surface area contributed by atoms with Crippen molar-refractivity contribution in [2.24, 2.45) is 0 Å². The van der Waals surface area contributed by atoms with E-state index >= 15 is 0 Å². The van der Waals surface area contributed by atoms with Gasteiger partial charge in [-0.1, -0.05) is 32.9 Å². The highest BCUT2D eigenvalue weighted by molar-refractivity contribution is 7.14. The normalized spacial score (nSPS) is 23.3. The monoisotopic (exact) mass is 354 g/mol. The van der Waals surface area contributed by atoms with Crippen LogP contribution in [-0.2, 0) is 5.41 Å². The summed E-state index contributed by atoms with van der Waals surface area (Å²) in [5, 5.41) is 3.53. The van der Waals surface area contributed by atoms with E-state index in [1.165, 1.54) is 59.5 Å². The van der Waals surface area contributed by atoms with E-state index in [0.717, 1.165) is 17.8 Å². The molecule has 2 aromatic rings. The lowest BCUT2D eigenvalue weighted by Crippen LogP contribution is -2.39. The third-order valence-corrected chi connectivity index (χ3v) is 7.02. The van der Waals surface area contributed by atoms with E-state index in [1.807, 2.05) is 11.3 Å². The number of hydrogen-bond acceptors (Lipinski definition) is 3. The molecular weight excluding hydrogens is 324 g/mol. The molecule has 0 unspecified atom stereocenters.